The van der Waals surface area contributed by atoms with Crippen LogP contribution in [0.25, 0.3) is 5.69 Å². The lowest BCUT2D eigenvalue weighted by Crippen LogP contribution is -2.17. The standard InChI is InChI=1S/C22H17ClF5N3O4/c1-10-12(4-3-5-15(10)34-2)18-13-8-11(22(26,27)28)6-7-14(13)31-19(16(35-18)9-17(32)33)29-30-20(31)21(23,24)25/h3-8,16,18H,9H2,1-2H3,(H,32,33)/t16-,18-/m1/s1. The summed E-state index contributed by atoms with van der Waals surface area (Å²) in [6.45, 7) is 1.64. The van der Waals surface area contributed by atoms with Crippen LogP contribution < -0.4 is 4.74 Å². The van der Waals surface area contributed by atoms with Gasteiger partial charge >= 0.3 is 17.5 Å². The van der Waals surface area contributed by atoms with Gasteiger partial charge in [0, 0.05) is 5.56 Å². The summed E-state index contributed by atoms with van der Waals surface area (Å²) in [6, 6.07) is 7.22. The molecule has 2 heterocycles. The van der Waals surface area contributed by atoms with E-state index >= 15 is 0 Å². The third-order valence-corrected chi connectivity index (χ3v) is 5.77. The third-order valence-electron chi connectivity index (χ3n) is 5.60. The summed E-state index contributed by atoms with van der Waals surface area (Å²) in [5, 5.41) is 12.4. The minimum Gasteiger partial charge on any atom is -0.496 e. The van der Waals surface area contributed by atoms with E-state index in [4.69, 9.17) is 21.1 Å². The molecular weight excluding hydrogens is 501 g/mol. The lowest BCUT2D eigenvalue weighted by Gasteiger charge is -2.25. The average Bonchev–Trinajstić information content (AvgIpc) is 3.17. The zero-order valence-corrected chi connectivity index (χ0v) is 18.9. The molecule has 0 aliphatic carbocycles. The highest BCUT2D eigenvalue weighted by Gasteiger charge is 2.43. The van der Waals surface area contributed by atoms with Crippen LogP contribution in [0.5, 0.6) is 5.75 Å². The van der Waals surface area contributed by atoms with Crippen LogP contribution in [0.2, 0.25) is 0 Å². The maximum Gasteiger partial charge on any atom is 0.416 e. The lowest BCUT2D eigenvalue weighted by atomic mass is 9.94. The zero-order valence-electron chi connectivity index (χ0n) is 18.1. The van der Waals surface area contributed by atoms with E-state index in [1.807, 2.05) is 0 Å². The third kappa shape index (κ3) is 4.55. The van der Waals surface area contributed by atoms with Crippen molar-refractivity contribution in [3.05, 3.63) is 70.3 Å². The second-order valence-corrected chi connectivity index (χ2v) is 8.24. The molecule has 3 aromatic rings. The van der Waals surface area contributed by atoms with Gasteiger partial charge in [-0.15, -0.1) is 10.2 Å². The molecule has 4 rings (SSSR count). The molecule has 2 atom stereocenters. The van der Waals surface area contributed by atoms with E-state index in [0.717, 1.165) is 16.7 Å². The van der Waals surface area contributed by atoms with Crippen LogP contribution in [0.1, 0.15) is 52.5 Å². The van der Waals surface area contributed by atoms with Gasteiger partial charge in [-0.2, -0.15) is 22.0 Å². The van der Waals surface area contributed by atoms with Crippen molar-refractivity contribution < 1.29 is 41.3 Å². The summed E-state index contributed by atoms with van der Waals surface area (Å²) in [5.74, 6) is -2.39. The monoisotopic (exact) mass is 517 g/mol. The SMILES string of the molecule is COc1cccc([C@H]2O[C@H](CC(=O)O)c3nnc(C(F)(F)Cl)n3-c3ccc(C(F)(F)F)cc32)c1C. The molecule has 0 bridgehead atoms. The van der Waals surface area contributed by atoms with Crippen LogP contribution >= 0.6 is 11.6 Å². The van der Waals surface area contributed by atoms with Crippen molar-refractivity contribution in [2.24, 2.45) is 0 Å². The van der Waals surface area contributed by atoms with E-state index in [1.165, 1.54) is 7.11 Å². The predicted molar refractivity (Wildman–Crippen MR) is 112 cm³/mol. The highest BCUT2D eigenvalue weighted by atomic mass is 35.5. The molecule has 1 aliphatic rings. The van der Waals surface area contributed by atoms with E-state index in [-0.39, 0.29) is 17.1 Å². The number of ether oxygens (including phenoxy) is 2. The largest absolute Gasteiger partial charge is 0.496 e. The molecular formula is C22H17ClF5N3O4. The second kappa shape index (κ2) is 8.76. The summed E-state index contributed by atoms with van der Waals surface area (Å²) in [7, 11) is 1.40. The molecule has 0 saturated heterocycles. The Morgan fingerprint density at radius 1 is 1.17 bits per heavy atom. The number of alkyl halides is 6. The van der Waals surface area contributed by atoms with E-state index in [1.54, 1.807) is 25.1 Å². The number of aromatic nitrogens is 3. The van der Waals surface area contributed by atoms with Gasteiger partial charge in [0.15, 0.2) is 5.82 Å². The number of carbonyl (C=O) groups is 1. The summed E-state index contributed by atoms with van der Waals surface area (Å²) in [4.78, 5) is 11.6. The maximum atomic E-state index is 14.2. The Morgan fingerprint density at radius 3 is 2.49 bits per heavy atom. The van der Waals surface area contributed by atoms with Crippen LogP contribution in [-0.4, -0.2) is 33.0 Å². The Hall–Kier alpha value is -3.25. The normalized spacial score (nSPS) is 17.9. The molecule has 7 nitrogen and oxygen atoms in total. The molecule has 1 aliphatic heterocycles. The molecule has 1 aromatic heterocycles. The van der Waals surface area contributed by atoms with Crippen molar-refractivity contribution in [3.63, 3.8) is 0 Å². The fourth-order valence-electron chi connectivity index (χ4n) is 4.04. The lowest BCUT2D eigenvalue weighted by molar-refractivity contribution is -0.141. The van der Waals surface area contributed by atoms with Gasteiger partial charge in [-0.1, -0.05) is 12.1 Å². The van der Waals surface area contributed by atoms with Crippen LogP contribution in [-0.2, 0) is 21.1 Å². The first-order valence-corrected chi connectivity index (χ1v) is 10.5. The van der Waals surface area contributed by atoms with Gasteiger partial charge < -0.3 is 14.6 Å². The molecule has 0 radical (unpaired) electrons. The number of hydrogen-bond donors (Lipinski definition) is 1. The van der Waals surface area contributed by atoms with Gasteiger partial charge in [0.05, 0.1) is 24.8 Å². The Labute approximate surface area is 200 Å². The topological polar surface area (TPSA) is 86.5 Å². The molecule has 35 heavy (non-hydrogen) atoms. The molecule has 0 unspecified atom stereocenters. The first-order chi connectivity index (χ1) is 16.3. The molecule has 1 N–H and O–H groups in total. The number of halogens is 6. The van der Waals surface area contributed by atoms with Gasteiger partial charge in [0.25, 0.3) is 0 Å². The van der Waals surface area contributed by atoms with Crippen LogP contribution in [0.3, 0.4) is 0 Å². The van der Waals surface area contributed by atoms with E-state index in [9.17, 15) is 31.9 Å². The Morgan fingerprint density at radius 2 is 1.89 bits per heavy atom. The highest BCUT2D eigenvalue weighted by Crippen LogP contribution is 2.46. The molecule has 0 spiro atoms. The van der Waals surface area contributed by atoms with Gasteiger partial charge in [-0.05, 0) is 53.9 Å². The fraction of sp³-hybridized carbons (Fsp3) is 0.318. The number of benzene rings is 2. The number of rotatable bonds is 5. The summed E-state index contributed by atoms with van der Waals surface area (Å²) < 4.78 is 81.4. The molecule has 0 amide bonds. The Balaban J connectivity index is 2.07. The number of fused-ring (bicyclic) bond motifs is 3. The van der Waals surface area contributed by atoms with Crippen molar-refractivity contribution in [2.75, 3.05) is 7.11 Å². The molecule has 186 valence electrons. The van der Waals surface area contributed by atoms with Crippen LogP contribution in [0.4, 0.5) is 22.0 Å². The summed E-state index contributed by atoms with van der Waals surface area (Å²) in [5.41, 5.74) is -0.534. The summed E-state index contributed by atoms with van der Waals surface area (Å²) >= 11 is 5.22. The van der Waals surface area contributed by atoms with Gasteiger partial charge in [-0.25, -0.2) is 0 Å². The Kier molecular flexibility index (Phi) is 6.22. The second-order valence-electron chi connectivity index (χ2n) is 7.76. The number of methoxy groups -OCH3 is 1. The van der Waals surface area contributed by atoms with Crippen LogP contribution in [0.15, 0.2) is 36.4 Å². The minimum atomic E-state index is -4.76. The number of carboxylic acids is 1. The van der Waals surface area contributed by atoms with Gasteiger partial charge in [-0.3, -0.25) is 9.36 Å². The number of nitrogens with zero attached hydrogens (tertiary/aromatic N) is 3. The zero-order chi connectivity index (χ0) is 25.7. The average molecular weight is 518 g/mol. The number of hydrogen-bond acceptors (Lipinski definition) is 5. The predicted octanol–water partition coefficient (Wildman–Crippen LogP) is 5.53. The van der Waals surface area contributed by atoms with E-state index < -0.39 is 47.5 Å². The Bertz CT molecular complexity index is 1290. The van der Waals surface area contributed by atoms with Crippen molar-refractivity contribution in [1.29, 1.82) is 0 Å². The van der Waals surface area contributed by atoms with Crippen molar-refractivity contribution in [3.8, 4) is 11.4 Å². The maximum absolute atomic E-state index is 14.2. The van der Waals surface area contributed by atoms with E-state index in [0.29, 0.717) is 22.9 Å². The number of carboxylic acid groups (broad SMARTS) is 1. The molecule has 2 aromatic carbocycles. The molecule has 0 fully saturated rings. The molecule has 0 saturated carbocycles. The van der Waals surface area contributed by atoms with Crippen molar-refractivity contribution >= 4 is 17.6 Å². The van der Waals surface area contributed by atoms with Crippen molar-refractivity contribution in [1.82, 2.24) is 14.8 Å². The molecule has 13 heteroatoms. The quantitative estimate of drug-likeness (QED) is 0.354. The highest BCUT2D eigenvalue weighted by molar-refractivity contribution is 6.21. The van der Waals surface area contributed by atoms with Crippen LogP contribution in [0, 0.1) is 6.92 Å². The van der Waals surface area contributed by atoms with Gasteiger partial charge in [0.1, 0.15) is 18.0 Å². The first-order valence-electron chi connectivity index (χ1n) is 10.1. The smallest absolute Gasteiger partial charge is 0.416 e. The minimum absolute atomic E-state index is 0.159. The fourth-order valence-corrected chi connectivity index (χ4v) is 4.17. The summed E-state index contributed by atoms with van der Waals surface area (Å²) in [6.07, 6.45) is -8.24. The number of aliphatic carboxylic acids is 1. The van der Waals surface area contributed by atoms with E-state index in [2.05, 4.69) is 10.2 Å². The van der Waals surface area contributed by atoms with Gasteiger partial charge in [0.2, 0.25) is 5.82 Å². The first kappa shape index (κ1) is 24.9. The van der Waals surface area contributed by atoms with Crippen molar-refractivity contribution in [2.45, 2.75) is 37.1 Å².